The number of nitrogens with zero attached hydrogens (tertiary/aromatic N) is 3. The van der Waals surface area contributed by atoms with Crippen LogP contribution in [0.1, 0.15) is 39.6 Å². The quantitative estimate of drug-likeness (QED) is 0.222. The van der Waals surface area contributed by atoms with Crippen LogP contribution < -0.4 is 10.0 Å². The molecule has 0 unspecified atom stereocenters. The molecule has 0 fully saturated rings. The fourth-order valence-corrected chi connectivity index (χ4v) is 6.23. The molecule has 4 rings (SSSR count). The van der Waals surface area contributed by atoms with Gasteiger partial charge in [-0.3, -0.25) is 4.72 Å². The summed E-state index contributed by atoms with van der Waals surface area (Å²) in [5, 5.41) is 4.06. The van der Waals surface area contributed by atoms with Crippen molar-refractivity contribution in [2.75, 3.05) is 16.6 Å². The number of sulfonamides is 1. The molecule has 2 aromatic heterocycles. The molecule has 0 bridgehead atoms. The third-order valence-electron chi connectivity index (χ3n) is 5.51. The van der Waals surface area contributed by atoms with Gasteiger partial charge in [-0.2, -0.15) is 0 Å². The highest BCUT2D eigenvalue weighted by molar-refractivity contribution is 7.92. The number of thiazole rings is 1. The first-order valence-electron chi connectivity index (χ1n) is 12.1. The van der Waals surface area contributed by atoms with Crippen LogP contribution >= 0.6 is 22.9 Å². The highest BCUT2D eigenvalue weighted by atomic mass is 35.5. The minimum absolute atomic E-state index is 0.0250. The number of benzene rings is 2. The molecule has 2 aromatic carbocycles. The van der Waals surface area contributed by atoms with E-state index in [-0.39, 0.29) is 16.1 Å². The van der Waals surface area contributed by atoms with Gasteiger partial charge in [-0.15, -0.1) is 11.3 Å². The predicted octanol–water partition coefficient (Wildman–Crippen LogP) is 7.36. The minimum atomic E-state index is -4.63. The van der Waals surface area contributed by atoms with E-state index >= 15 is 0 Å². The van der Waals surface area contributed by atoms with E-state index in [1.807, 2.05) is 20.8 Å². The number of nitrogens with one attached hydrogen (secondary N) is 2. The molecule has 0 aliphatic rings. The second-order valence-corrected chi connectivity index (χ2v) is 13.3. The molecule has 0 saturated heterocycles. The van der Waals surface area contributed by atoms with Crippen molar-refractivity contribution in [1.82, 2.24) is 15.0 Å². The van der Waals surface area contributed by atoms with Gasteiger partial charge in [0.15, 0.2) is 4.90 Å². The number of halogens is 3. The van der Waals surface area contributed by atoms with Crippen molar-refractivity contribution in [3.05, 3.63) is 70.3 Å². The Morgan fingerprint density at radius 2 is 1.69 bits per heavy atom. The Balaban J connectivity index is 1.81. The fraction of sp³-hybridized carbons (Fsp3) is 0.296. The monoisotopic (exact) mass is 591 g/mol. The Morgan fingerprint density at radius 3 is 2.33 bits per heavy atom. The third-order valence-corrected chi connectivity index (χ3v) is 8.84. The first-order valence-corrected chi connectivity index (χ1v) is 14.8. The molecular formula is C27H28ClF2N5O2S2. The lowest BCUT2D eigenvalue weighted by Crippen LogP contribution is -2.16. The highest BCUT2D eigenvalue weighted by Crippen LogP contribution is 2.44. The Kier molecular flexibility index (Phi) is 8.25. The number of aromatic nitrogens is 3. The topological polar surface area (TPSA) is 96.9 Å². The number of hydrogen-bond donors (Lipinski definition) is 2. The van der Waals surface area contributed by atoms with Crippen molar-refractivity contribution >= 4 is 44.6 Å². The summed E-state index contributed by atoms with van der Waals surface area (Å²) >= 11 is 8.17. The van der Waals surface area contributed by atoms with Crippen LogP contribution in [0.25, 0.3) is 21.8 Å². The maximum Gasteiger partial charge on any atom is 0.267 e. The molecule has 0 atom stereocenters. The fourth-order valence-electron chi connectivity index (χ4n) is 3.59. The first-order chi connectivity index (χ1) is 18.3. The standard InChI is InChI=1S/C27H28ClF2N5O2S2/c1-15(2)14-32-26-31-13-12-20(33-26)23-22(34-25(38-23)27(3,4)5)16-8-6-11-19(21(16)28)35-39(36,37)24-17(29)9-7-10-18(24)30/h6-13,15,35H,14H2,1-5H3,(H,31,32,33). The number of hydrogen-bond acceptors (Lipinski definition) is 7. The maximum atomic E-state index is 14.3. The lowest BCUT2D eigenvalue weighted by atomic mass is 9.98. The lowest BCUT2D eigenvalue weighted by Gasteiger charge is -2.14. The summed E-state index contributed by atoms with van der Waals surface area (Å²) in [6.07, 6.45) is 1.65. The average molecular weight is 592 g/mol. The van der Waals surface area contributed by atoms with Gasteiger partial charge >= 0.3 is 0 Å². The Morgan fingerprint density at radius 1 is 1.03 bits per heavy atom. The molecule has 0 radical (unpaired) electrons. The van der Waals surface area contributed by atoms with Gasteiger partial charge in [-0.05, 0) is 30.2 Å². The normalized spacial score (nSPS) is 12.1. The molecule has 0 amide bonds. The van der Waals surface area contributed by atoms with E-state index < -0.39 is 26.6 Å². The predicted molar refractivity (Wildman–Crippen MR) is 153 cm³/mol. The molecule has 0 saturated carbocycles. The van der Waals surface area contributed by atoms with Crippen molar-refractivity contribution in [3.63, 3.8) is 0 Å². The summed E-state index contributed by atoms with van der Waals surface area (Å²) in [6.45, 7) is 11.0. The zero-order valence-electron chi connectivity index (χ0n) is 22.0. The van der Waals surface area contributed by atoms with Crippen LogP contribution in [-0.2, 0) is 15.4 Å². The molecule has 0 aliphatic carbocycles. The van der Waals surface area contributed by atoms with Crippen LogP contribution in [0.3, 0.4) is 0 Å². The number of anilines is 2. The van der Waals surface area contributed by atoms with Crippen molar-refractivity contribution in [2.24, 2.45) is 5.92 Å². The van der Waals surface area contributed by atoms with E-state index in [9.17, 15) is 17.2 Å². The molecule has 7 nitrogen and oxygen atoms in total. The average Bonchev–Trinajstić information content (AvgIpc) is 3.30. The summed E-state index contributed by atoms with van der Waals surface area (Å²) in [6, 6.07) is 9.31. The van der Waals surface area contributed by atoms with Crippen molar-refractivity contribution in [1.29, 1.82) is 0 Å². The molecule has 2 N–H and O–H groups in total. The van der Waals surface area contributed by atoms with Gasteiger partial charge < -0.3 is 5.32 Å². The summed E-state index contributed by atoms with van der Waals surface area (Å²) < 4.78 is 56.6. The van der Waals surface area contributed by atoms with Gasteiger partial charge in [-0.25, -0.2) is 32.2 Å². The van der Waals surface area contributed by atoms with Crippen LogP contribution in [0.4, 0.5) is 20.4 Å². The molecule has 2 heterocycles. The molecule has 4 aromatic rings. The molecule has 12 heteroatoms. The van der Waals surface area contributed by atoms with Gasteiger partial charge in [0.05, 0.1) is 32.0 Å². The zero-order valence-corrected chi connectivity index (χ0v) is 24.4. The van der Waals surface area contributed by atoms with Gasteiger partial charge in [0.1, 0.15) is 11.6 Å². The molecule has 206 valence electrons. The summed E-state index contributed by atoms with van der Waals surface area (Å²) in [5.41, 5.74) is 1.21. The minimum Gasteiger partial charge on any atom is -0.354 e. The van der Waals surface area contributed by atoms with Crippen LogP contribution in [0.2, 0.25) is 5.02 Å². The first kappa shape index (κ1) is 28.8. The van der Waals surface area contributed by atoms with Gasteiger partial charge in [0, 0.05) is 23.7 Å². The summed E-state index contributed by atoms with van der Waals surface area (Å²) in [7, 11) is -4.63. The third kappa shape index (κ3) is 6.37. The van der Waals surface area contributed by atoms with Crippen LogP contribution in [0.5, 0.6) is 0 Å². The molecule has 39 heavy (non-hydrogen) atoms. The Bertz CT molecular complexity index is 1600. The smallest absolute Gasteiger partial charge is 0.267 e. The van der Waals surface area contributed by atoms with E-state index in [2.05, 4.69) is 33.9 Å². The SMILES string of the molecule is CC(C)CNc1nccc(-c2sc(C(C)(C)C)nc2-c2cccc(NS(=O)(=O)c3c(F)cccc3F)c2Cl)n1. The van der Waals surface area contributed by atoms with Crippen LogP contribution in [-0.4, -0.2) is 29.9 Å². The van der Waals surface area contributed by atoms with Gasteiger partial charge in [0.25, 0.3) is 10.0 Å². The Hall–Kier alpha value is -3.15. The maximum absolute atomic E-state index is 14.3. The van der Waals surface area contributed by atoms with Crippen molar-refractivity contribution in [3.8, 4) is 21.8 Å². The Labute approximate surface area is 235 Å². The largest absolute Gasteiger partial charge is 0.354 e. The van der Waals surface area contributed by atoms with Crippen LogP contribution in [0.15, 0.2) is 53.6 Å². The lowest BCUT2D eigenvalue weighted by molar-refractivity contribution is 0.521. The highest BCUT2D eigenvalue weighted by Gasteiger charge is 2.28. The van der Waals surface area contributed by atoms with Crippen molar-refractivity contribution in [2.45, 2.75) is 44.9 Å². The van der Waals surface area contributed by atoms with E-state index in [1.54, 1.807) is 24.4 Å². The second-order valence-electron chi connectivity index (χ2n) is 10.3. The second kappa shape index (κ2) is 11.1. The molecule has 0 aliphatic heterocycles. The van der Waals surface area contributed by atoms with E-state index in [1.165, 1.54) is 17.4 Å². The van der Waals surface area contributed by atoms with Crippen LogP contribution in [0, 0.1) is 17.6 Å². The van der Waals surface area contributed by atoms with E-state index in [0.717, 1.165) is 28.1 Å². The zero-order chi connectivity index (χ0) is 28.5. The molecular weight excluding hydrogens is 564 g/mol. The van der Waals surface area contributed by atoms with Gasteiger partial charge in [-0.1, -0.05) is 64.4 Å². The summed E-state index contributed by atoms with van der Waals surface area (Å²) in [4.78, 5) is 13.5. The van der Waals surface area contributed by atoms with Crippen molar-refractivity contribution < 1.29 is 17.2 Å². The summed E-state index contributed by atoms with van der Waals surface area (Å²) in [5.74, 6) is -1.56. The number of rotatable bonds is 8. The van der Waals surface area contributed by atoms with Gasteiger partial charge in [0.2, 0.25) is 5.95 Å². The molecule has 0 spiro atoms. The van der Waals surface area contributed by atoms with E-state index in [0.29, 0.717) is 35.4 Å². The van der Waals surface area contributed by atoms with E-state index in [4.69, 9.17) is 16.6 Å².